The van der Waals surface area contributed by atoms with Gasteiger partial charge in [-0.3, -0.25) is 0 Å². The normalized spacial score (nSPS) is 10.1. The molecule has 0 aliphatic carbocycles. The van der Waals surface area contributed by atoms with Gasteiger partial charge < -0.3 is 20.1 Å². The molecule has 2 rings (SSSR count). The molecule has 0 saturated heterocycles. The second-order valence-corrected chi connectivity index (χ2v) is 4.62. The van der Waals surface area contributed by atoms with Gasteiger partial charge in [-0.15, -0.1) is 0 Å². The van der Waals surface area contributed by atoms with Gasteiger partial charge in [0, 0.05) is 12.6 Å². The summed E-state index contributed by atoms with van der Waals surface area (Å²) in [5.41, 5.74) is 0.867. The molecule has 0 bridgehead atoms. The van der Waals surface area contributed by atoms with Crippen LogP contribution in [0.3, 0.4) is 0 Å². The van der Waals surface area contributed by atoms with Gasteiger partial charge in [-0.1, -0.05) is 6.07 Å². The summed E-state index contributed by atoms with van der Waals surface area (Å²) in [6.45, 7) is 0.0509. The first-order valence-electron chi connectivity index (χ1n) is 6.74. The van der Waals surface area contributed by atoms with Gasteiger partial charge in [-0.2, -0.15) is 0 Å². The smallest absolute Gasteiger partial charge is 0.319 e. The van der Waals surface area contributed by atoms with E-state index in [9.17, 15) is 13.6 Å². The standard InChI is InChI=1S/C16H16F2N2O3/c1-22-11-4-6-15(23-2)14(8-11)20-16(21)19-9-10-3-5-12(17)13(18)7-10/h3-8H,9H2,1-2H3,(H2,19,20,21). The number of methoxy groups -OCH3 is 2. The molecule has 0 spiro atoms. The molecule has 0 fully saturated rings. The van der Waals surface area contributed by atoms with E-state index in [2.05, 4.69) is 10.6 Å². The van der Waals surface area contributed by atoms with Crippen LogP contribution in [0.2, 0.25) is 0 Å². The Balaban J connectivity index is 2.00. The molecule has 2 N–H and O–H groups in total. The first-order chi connectivity index (χ1) is 11.0. The van der Waals surface area contributed by atoms with Crippen molar-refractivity contribution in [2.45, 2.75) is 6.54 Å². The van der Waals surface area contributed by atoms with Gasteiger partial charge in [-0.25, -0.2) is 13.6 Å². The van der Waals surface area contributed by atoms with Crippen molar-refractivity contribution in [3.63, 3.8) is 0 Å². The van der Waals surface area contributed by atoms with Crippen LogP contribution in [0.1, 0.15) is 5.56 Å². The molecule has 0 aromatic heterocycles. The van der Waals surface area contributed by atoms with Crippen molar-refractivity contribution in [2.24, 2.45) is 0 Å². The summed E-state index contributed by atoms with van der Waals surface area (Å²) >= 11 is 0. The highest BCUT2D eigenvalue weighted by Crippen LogP contribution is 2.28. The number of amides is 2. The van der Waals surface area contributed by atoms with Gasteiger partial charge in [0.15, 0.2) is 11.6 Å². The van der Waals surface area contributed by atoms with E-state index in [0.29, 0.717) is 22.7 Å². The van der Waals surface area contributed by atoms with Crippen molar-refractivity contribution in [3.05, 3.63) is 53.6 Å². The number of anilines is 1. The Labute approximate surface area is 132 Å². The molecule has 0 heterocycles. The van der Waals surface area contributed by atoms with Crippen LogP contribution in [0, 0.1) is 11.6 Å². The SMILES string of the molecule is COc1ccc(OC)c(NC(=O)NCc2ccc(F)c(F)c2)c1. The minimum Gasteiger partial charge on any atom is -0.497 e. The molecule has 0 aliphatic heterocycles. The third kappa shape index (κ3) is 4.32. The van der Waals surface area contributed by atoms with E-state index in [4.69, 9.17) is 9.47 Å². The zero-order valence-electron chi connectivity index (χ0n) is 12.7. The monoisotopic (exact) mass is 322 g/mol. The summed E-state index contributed by atoms with van der Waals surface area (Å²) in [6, 6.07) is 7.88. The van der Waals surface area contributed by atoms with Gasteiger partial charge >= 0.3 is 6.03 Å². The maximum atomic E-state index is 13.1. The van der Waals surface area contributed by atoms with Gasteiger partial charge in [0.1, 0.15) is 11.5 Å². The number of nitrogens with one attached hydrogen (secondary N) is 2. The Kier molecular flexibility index (Phi) is 5.35. The Morgan fingerprint density at radius 2 is 1.83 bits per heavy atom. The molecule has 0 unspecified atom stereocenters. The number of benzene rings is 2. The summed E-state index contributed by atoms with van der Waals surface area (Å²) in [5.74, 6) is -0.867. The van der Waals surface area contributed by atoms with Crippen LogP contribution in [0.4, 0.5) is 19.3 Å². The number of carbonyl (C=O) groups is 1. The van der Waals surface area contributed by atoms with Gasteiger partial charge in [0.05, 0.1) is 19.9 Å². The van der Waals surface area contributed by atoms with Crippen molar-refractivity contribution >= 4 is 11.7 Å². The Morgan fingerprint density at radius 1 is 1.04 bits per heavy atom. The molecule has 2 aromatic rings. The summed E-state index contributed by atoms with van der Waals surface area (Å²) in [7, 11) is 2.99. The number of urea groups is 1. The first kappa shape index (κ1) is 16.5. The highest BCUT2D eigenvalue weighted by atomic mass is 19.2. The molecule has 0 aliphatic rings. The topological polar surface area (TPSA) is 59.6 Å². The second-order valence-electron chi connectivity index (χ2n) is 4.62. The van der Waals surface area contributed by atoms with Crippen LogP contribution >= 0.6 is 0 Å². The van der Waals surface area contributed by atoms with Gasteiger partial charge in [0.25, 0.3) is 0 Å². The minimum atomic E-state index is -0.959. The molecular formula is C16H16F2N2O3. The maximum absolute atomic E-state index is 13.1. The minimum absolute atomic E-state index is 0.0509. The summed E-state index contributed by atoms with van der Waals surface area (Å²) < 4.78 is 36.2. The maximum Gasteiger partial charge on any atom is 0.319 e. The second kappa shape index (κ2) is 7.44. The number of ether oxygens (including phenoxy) is 2. The van der Waals surface area contributed by atoms with Crippen molar-refractivity contribution in [2.75, 3.05) is 19.5 Å². The van der Waals surface area contributed by atoms with E-state index >= 15 is 0 Å². The number of carbonyl (C=O) groups excluding carboxylic acids is 1. The average molecular weight is 322 g/mol. The predicted molar refractivity (Wildman–Crippen MR) is 81.8 cm³/mol. The molecule has 2 amide bonds. The van der Waals surface area contributed by atoms with Crippen molar-refractivity contribution in [1.29, 1.82) is 0 Å². The summed E-state index contributed by atoms with van der Waals surface area (Å²) in [6.07, 6.45) is 0. The number of hydrogen-bond donors (Lipinski definition) is 2. The fourth-order valence-corrected chi connectivity index (χ4v) is 1.91. The van der Waals surface area contributed by atoms with Crippen LogP contribution in [0.25, 0.3) is 0 Å². The van der Waals surface area contributed by atoms with E-state index in [1.54, 1.807) is 18.2 Å². The first-order valence-corrected chi connectivity index (χ1v) is 6.74. The lowest BCUT2D eigenvalue weighted by Gasteiger charge is -2.12. The van der Waals surface area contributed by atoms with Crippen molar-refractivity contribution < 1.29 is 23.0 Å². The molecule has 122 valence electrons. The average Bonchev–Trinajstić information content (AvgIpc) is 2.55. The number of rotatable bonds is 5. The third-order valence-corrected chi connectivity index (χ3v) is 3.09. The fourth-order valence-electron chi connectivity index (χ4n) is 1.91. The third-order valence-electron chi connectivity index (χ3n) is 3.09. The molecule has 0 atom stereocenters. The lowest BCUT2D eigenvalue weighted by atomic mass is 10.2. The van der Waals surface area contributed by atoms with Gasteiger partial charge in [-0.05, 0) is 29.8 Å². The highest BCUT2D eigenvalue weighted by molar-refractivity contribution is 5.91. The summed E-state index contributed by atoms with van der Waals surface area (Å²) in [5, 5.41) is 5.16. The summed E-state index contributed by atoms with van der Waals surface area (Å²) in [4.78, 5) is 11.9. The van der Waals surface area contributed by atoms with Crippen LogP contribution in [-0.4, -0.2) is 20.3 Å². The Morgan fingerprint density at radius 3 is 2.48 bits per heavy atom. The highest BCUT2D eigenvalue weighted by Gasteiger charge is 2.09. The largest absolute Gasteiger partial charge is 0.497 e. The molecule has 0 saturated carbocycles. The fraction of sp³-hybridized carbons (Fsp3) is 0.188. The molecular weight excluding hydrogens is 306 g/mol. The quantitative estimate of drug-likeness (QED) is 0.888. The lowest BCUT2D eigenvalue weighted by Crippen LogP contribution is -2.28. The van der Waals surface area contributed by atoms with Crippen LogP contribution in [0.5, 0.6) is 11.5 Å². The molecule has 0 radical (unpaired) electrons. The Bertz CT molecular complexity index is 708. The van der Waals surface area contributed by atoms with Gasteiger partial charge in [0.2, 0.25) is 0 Å². The van der Waals surface area contributed by atoms with E-state index in [1.165, 1.54) is 20.3 Å². The van der Waals surface area contributed by atoms with Crippen LogP contribution < -0.4 is 20.1 Å². The number of hydrogen-bond acceptors (Lipinski definition) is 3. The molecule has 23 heavy (non-hydrogen) atoms. The zero-order chi connectivity index (χ0) is 16.8. The van der Waals surface area contributed by atoms with E-state index in [0.717, 1.165) is 12.1 Å². The Hall–Kier alpha value is -2.83. The molecule has 2 aromatic carbocycles. The van der Waals surface area contributed by atoms with Crippen molar-refractivity contribution in [3.8, 4) is 11.5 Å². The van der Waals surface area contributed by atoms with E-state index in [-0.39, 0.29) is 6.54 Å². The predicted octanol–water partition coefficient (Wildman–Crippen LogP) is 3.30. The van der Waals surface area contributed by atoms with E-state index in [1.807, 2.05) is 0 Å². The van der Waals surface area contributed by atoms with E-state index < -0.39 is 17.7 Å². The van der Waals surface area contributed by atoms with Crippen molar-refractivity contribution in [1.82, 2.24) is 5.32 Å². The van der Waals surface area contributed by atoms with Crippen LogP contribution in [0.15, 0.2) is 36.4 Å². The lowest BCUT2D eigenvalue weighted by molar-refractivity contribution is 0.251. The zero-order valence-corrected chi connectivity index (χ0v) is 12.7. The number of halogens is 2. The van der Waals surface area contributed by atoms with Crippen LogP contribution in [-0.2, 0) is 6.54 Å². The molecule has 5 nitrogen and oxygen atoms in total. The molecule has 7 heteroatoms.